The lowest BCUT2D eigenvalue weighted by Crippen LogP contribution is -2.37. The number of ether oxygens (including phenoxy) is 2. The van der Waals surface area contributed by atoms with Crippen molar-refractivity contribution in [3.05, 3.63) is 66.1 Å². The Balaban J connectivity index is 1.33. The molecule has 4 aromatic rings. The molecule has 0 atom stereocenters. The van der Waals surface area contributed by atoms with Crippen LogP contribution in [0.25, 0.3) is 17.1 Å². The monoisotopic (exact) mass is 502 g/mol. The van der Waals surface area contributed by atoms with Gasteiger partial charge in [0.15, 0.2) is 5.82 Å². The van der Waals surface area contributed by atoms with E-state index in [9.17, 15) is 0 Å². The number of rotatable bonds is 10. The molecule has 0 aliphatic carbocycles. The predicted molar refractivity (Wildman–Crippen MR) is 142 cm³/mol. The first-order valence-electron chi connectivity index (χ1n) is 12.7. The maximum atomic E-state index is 6.05. The van der Waals surface area contributed by atoms with Gasteiger partial charge < -0.3 is 19.3 Å². The average molecular weight is 503 g/mol. The number of benzene rings is 1. The standard InChI is InChI=1S/C27H34N8O2/c1-21-5-4-6-23(17-21)24-7-9-35(31-24)26-18-25(33-12-15-36-16-13-33)29-27(30-26)37-14-8-22-19-28-34(20-22)11-10-32(2)3/h4-7,9,17-20H,8,10-16H2,1-3H3. The van der Waals surface area contributed by atoms with Gasteiger partial charge in [0.1, 0.15) is 5.82 Å². The van der Waals surface area contributed by atoms with E-state index in [2.05, 4.69) is 60.3 Å². The van der Waals surface area contributed by atoms with Crippen LogP contribution in [0.1, 0.15) is 11.1 Å². The van der Waals surface area contributed by atoms with Crippen LogP contribution in [0.15, 0.2) is 55.0 Å². The van der Waals surface area contributed by atoms with E-state index in [1.807, 2.05) is 35.3 Å². The van der Waals surface area contributed by atoms with E-state index in [0.717, 1.165) is 55.2 Å². The van der Waals surface area contributed by atoms with E-state index >= 15 is 0 Å². The molecule has 1 aliphatic rings. The minimum Gasteiger partial charge on any atom is -0.463 e. The highest BCUT2D eigenvalue weighted by atomic mass is 16.5. The van der Waals surface area contributed by atoms with Gasteiger partial charge in [0.25, 0.3) is 0 Å². The molecule has 37 heavy (non-hydrogen) atoms. The van der Waals surface area contributed by atoms with Gasteiger partial charge in [-0.2, -0.15) is 20.2 Å². The number of likely N-dealkylation sites (N-methyl/N-ethyl adjacent to an activating group) is 1. The van der Waals surface area contributed by atoms with Crippen molar-refractivity contribution in [2.24, 2.45) is 0 Å². The smallest absolute Gasteiger partial charge is 0.320 e. The normalized spacial score (nSPS) is 13.9. The van der Waals surface area contributed by atoms with Crippen molar-refractivity contribution in [3.63, 3.8) is 0 Å². The van der Waals surface area contributed by atoms with Crippen LogP contribution in [0.4, 0.5) is 5.82 Å². The molecule has 0 spiro atoms. The maximum Gasteiger partial charge on any atom is 0.320 e. The zero-order chi connectivity index (χ0) is 25.6. The molecular weight excluding hydrogens is 468 g/mol. The number of anilines is 1. The Morgan fingerprint density at radius 1 is 1.05 bits per heavy atom. The van der Waals surface area contributed by atoms with Crippen molar-refractivity contribution in [3.8, 4) is 23.1 Å². The number of aryl methyl sites for hydroxylation is 1. The number of hydrogen-bond acceptors (Lipinski definition) is 8. The SMILES string of the molecule is Cc1cccc(-c2ccn(-c3cc(N4CCOCC4)nc(OCCc4cnn(CCN(C)C)c4)n3)n2)c1. The Hall–Kier alpha value is -3.76. The molecule has 1 fully saturated rings. The fourth-order valence-electron chi connectivity index (χ4n) is 4.17. The molecular formula is C27H34N8O2. The predicted octanol–water partition coefficient (Wildman–Crippen LogP) is 2.85. The van der Waals surface area contributed by atoms with Gasteiger partial charge in [-0.3, -0.25) is 4.68 Å². The van der Waals surface area contributed by atoms with Crippen LogP contribution in [-0.2, 0) is 17.7 Å². The zero-order valence-electron chi connectivity index (χ0n) is 21.7. The van der Waals surface area contributed by atoms with Gasteiger partial charge in [-0.15, -0.1) is 0 Å². The van der Waals surface area contributed by atoms with Gasteiger partial charge in [-0.1, -0.05) is 23.8 Å². The summed E-state index contributed by atoms with van der Waals surface area (Å²) in [5.41, 5.74) is 4.29. The molecule has 0 saturated carbocycles. The van der Waals surface area contributed by atoms with E-state index in [4.69, 9.17) is 24.5 Å². The minimum atomic E-state index is 0.339. The van der Waals surface area contributed by atoms with Gasteiger partial charge in [-0.25, -0.2) is 4.68 Å². The first-order valence-corrected chi connectivity index (χ1v) is 12.7. The summed E-state index contributed by atoms with van der Waals surface area (Å²) in [6.07, 6.45) is 6.61. The van der Waals surface area contributed by atoms with Crippen LogP contribution in [-0.4, -0.2) is 88.0 Å². The van der Waals surface area contributed by atoms with Crippen LogP contribution in [0, 0.1) is 6.92 Å². The molecule has 4 heterocycles. The van der Waals surface area contributed by atoms with Gasteiger partial charge in [0.2, 0.25) is 0 Å². The van der Waals surface area contributed by atoms with Crippen molar-refractivity contribution in [2.75, 3.05) is 58.5 Å². The summed E-state index contributed by atoms with van der Waals surface area (Å²) < 4.78 is 15.3. The second-order valence-electron chi connectivity index (χ2n) is 9.49. The third-order valence-corrected chi connectivity index (χ3v) is 6.24. The Labute approximate surface area is 217 Å². The fraction of sp³-hybridized carbons (Fsp3) is 0.407. The Bertz CT molecular complexity index is 1310. The lowest BCUT2D eigenvalue weighted by molar-refractivity contribution is 0.122. The van der Waals surface area contributed by atoms with Crippen molar-refractivity contribution < 1.29 is 9.47 Å². The summed E-state index contributed by atoms with van der Waals surface area (Å²) in [6, 6.07) is 12.6. The zero-order valence-corrected chi connectivity index (χ0v) is 21.7. The van der Waals surface area contributed by atoms with E-state index in [1.165, 1.54) is 5.56 Å². The highest BCUT2D eigenvalue weighted by molar-refractivity contribution is 5.60. The molecule has 1 aromatic carbocycles. The number of hydrogen-bond donors (Lipinski definition) is 0. The molecule has 10 nitrogen and oxygen atoms in total. The van der Waals surface area contributed by atoms with Crippen LogP contribution < -0.4 is 9.64 Å². The quantitative estimate of drug-likeness (QED) is 0.327. The number of morpholine rings is 1. The Kier molecular flexibility index (Phi) is 7.76. The Morgan fingerprint density at radius 3 is 2.70 bits per heavy atom. The van der Waals surface area contributed by atoms with Crippen molar-refractivity contribution >= 4 is 5.82 Å². The lowest BCUT2D eigenvalue weighted by Gasteiger charge is -2.28. The van der Waals surface area contributed by atoms with E-state index in [0.29, 0.717) is 31.6 Å². The Morgan fingerprint density at radius 2 is 1.89 bits per heavy atom. The summed E-state index contributed by atoms with van der Waals surface area (Å²) in [5, 5.41) is 9.24. The molecule has 0 unspecified atom stereocenters. The van der Waals surface area contributed by atoms with E-state index < -0.39 is 0 Å². The summed E-state index contributed by atoms with van der Waals surface area (Å²) in [6.45, 7) is 7.24. The fourth-order valence-corrected chi connectivity index (χ4v) is 4.17. The van der Waals surface area contributed by atoms with E-state index in [1.54, 1.807) is 4.68 Å². The molecule has 1 aliphatic heterocycles. The minimum absolute atomic E-state index is 0.339. The largest absolute Gasteiger partial charge is 0.463 e. The molecule has 0 radical (unpaired) electrons. The highest BCUT2D eigenvalue weighted by Crippen LogP contribution is 2.23. The van der Waals surface area contributed by atoms with Gasteiger partial charge in [-0.05, 0) is 38.7 Å². The molecule has 0 bridgehead atoms. The molecule has 194 valence electrons. The second kappa shape index (κ2) is 11.5. The van der Waals surface area contributed by atoms with Gasteiger partial charge in [0.05, 0.1) is 38.3 Å². The van der Waals surface area contributed by atoms with Crippen molar-refractivity contribution in [2.45, 2.75) is 19.9 Å². The molecule has 3 aromatic heterocycles. The molecule has 5 rings (SSSR count). The third-order valence-electron chi connectivity index (χ3n) is 6.24. The molecule has 1 saturated heterocycles. The van der Waals surface area contributed by atoms with E-state index in [-0.39, 0.29) is 0 Å². The summed E-state index contributed by atoms with van der Waals surface area (Å²) in [7, 11) is 4.12. The van der Waals surface area contributed by atoms with Crippen LogP contribution >= 0.6 is 0 Å². The van der Waals surface area contributed by atoms with Crippen LogP contribution in [0.2, 0.25) is 0 Å². The first kappa shape index (κ1) is 24.9. The first-order chi connectivity index (χ1) is 18.0. The second-order valence-corrected chi connectivity index (χ2v) is 9.49. The summed E-state index contributed by atoms with van der Waals surface area (Å²) >= 11 is 0. The van der Waals surface area contributed by atoms with Crippen molar-refractivity contribution in [1.29, 1.82) is 0 Å². The maximum absolute atomic E-state index is 6.05. The topological polar surface area (TPSA) is 86.4 Å². The summed E-state index contributed by atoms with van der Waals surface area (Å²) in [4.78, 5) is 13.7. The number of nitrogens with zero attached hydrogens (tertiary/aromatic N) is 8. The lowest BCUT2D eigenvalue weighted by atomic mass is 10.1. The summed E-state index contributed by atoms with van der Waals surface area (Å²) in [5.74, 6) is 1.48. The molecule has 0 N–H and O–H groups in total. The average Bonchev–Trinajstić information content (AvgIpc) is 3.58. The third kappa shape index (κ3) is 6.52. The van der Waals surface area contributed by atoms with Crippen LogP contribution in [0.3, 0.4) is 0 Å². The molecule has 10 heteroatoms. The number of aromatic nitrogens is 6. The van der Waals surface area contributed by atoms with Gasteiger partial charge in [0, 0.05) is 50.1 Å². The highest BCUT2D eigenvalue weighted by Gasteiger charge is 2.17. The van der Waals surface area contributed by atoms with Gasteiger partial charge >= 0.3 is 6.01 Å². The van der Waals surface area contributed by atoms with Crippen LogP contribution in [0.5, 0.6) is 6.01 Å². The molecule has 0 amide bonds. The van der Waals surface area contributed by atoms with Crippen molar-refractivity contribution in [1.82, 2.24) is 34.4 Å².